The smallest absolute Gasteiger partial charge is 0.326 e. The zero-order valence-corrected chi connectivity index (χ0v) is 10.4. The van der Waals surface area contributed by atoms with Crippen molar-refractivity contribution >= 4 is 17.7 Å². The number of aliphatic carboxylic acids is 1. The van der Waals surface area contributed by atoms with Crippen molar-refractivity contribution in [2.24, 2.45) is 0 Å². The number of rotatable bonds is 3. The van der Waals surface area contributed by atoms with Crippen LogP contribution in [0.15, 0.2) is 22.8 Å². The Kier molecular flexibility index (Phi) is 3.99. The molecule has 0 saturated carbocycles. The van der Waals surface area contributed by atoms with Crippen LogP contribution in [-0.2, 0) is 9.59 Å². The van der Waals surface area contributed by atoms with Gasteiger partial charge in [-0.05, 0) is 25.0 Å². The van der Waals surface area contributed by atoms with Crippen LogP contribution in [0, 0.1) is 0 Å². The summed E-state index contributed by atoms with van der Waals surface area (Å²) < 4.78 is 4.89. The van der Waals surface area contributed by atoms with Crippen molar-refractivity contribution in [2.75, 3.05) is 6.54 Å². The summed E-state index contributed by atoms with van der Waals surface area (Å²) in [6.45, 7) is 0.294. The average molecular weight is 265 g/mol. The van der Waals surface area contributed by atoms with Crippen LogP contribution in [0.1, 0.15) is 36.2 Å². The summed E-state index contributed by atoms with van der Waals surface area (Å²) in [5, 5.41) is 9.17. The Bertz CT molecular complexity index is 479. The molecule has 1 aromatic rings. The molecule has 2 rings (SSSR count). The van der Waals surface area contributed by atoms with Gasteiger partial charge in [-0.2, -0.15) is 0 Å². The Labute approximate surface area is 110 Å². The summed E-state index contributed by atoms with van der Waals surface area (Å²) in [5.41, 5.74) is 0. The summed E-state index contributed by atoms with van der Waals surface area (Å²) in [5.74, 6) is -2.72. The van der Waals surface area contributed by atoms with Crippen molar-refractivity contribution < 1.29 is 23.9 Å². The first-order valence-corrected chi connectivity index (χ1v) is 6.23. The van der Waals surface area contributed by atoms with Crippen LogP contribution in [0.2, 0.25) is 0 Å². The minimum absolute atomic E-state index is 0.0571. The van der Waals surface area contributed by atoms with Crippen molar-refractivity contribution in [1.29, 1.82) is 0 Å². The molecule has 1 atom stereocenters. The average Bonchev–Trinajstić information content (AvgIpc) is 2.80. The van der Waals surface area contributed by atoms with E-state index in [-0.39, 0.29) is 5.76 Å². The molecular formula is C13H15NO5. The van der Waals surface area contributed by atoms with E-state index in [1.807, 2.05) is 0 Å². The number of carboxylic acids is 1. The molecule has 0 aliphatic carbocycles. The Morgan fingerprint density at radius 2 is 2.05 bits per heavy atom. The van der Waals surface area contributed by atoms with Gasteiger partial charge in [0.25, 0.3) is 11.7 Å². The van der Waals surface area contributed by atoms with Gasteiger partial charge < -0.3 is 14.4 Å². The van der Waals surface area contributed by atoms with E-state index in [0.29, 0.717) is 19.4 Å². The van der Waals surface area contributed by atoms with Gasteiger partial charge in [0, 0.05) is 6.54 Å². The van der Waals surface area contributed by atoms with Gasteiger partial charge in [-0.25, -0.2) is 4.79 Å². The summed E-state index contributed by atoms with van der Waals surface area (Å²) in [7, 11) is 0. The second-order valence-electron chi connectivity index (χ2n) is 4.51. The van der Waals surface area contributed by atoms with Crippen molar-refractivity contribution in [2.45, 2.75) is 31.7 Å². The number of carboxylic acid groups (broad SMARTS) is 1. The second kappa shape index (κ2) is 5.69. The highest BCUT2D eigenvalue weighted by Gasteiger charge is 2.35. The normalized spacial score (nSPS) is 19.8. The van der Waals surface area contributed by atoms with Crippen molar-refractivity contribution in [1.82, 2.24) is 4.90 Å². The monoisotopic (exact) mass is 265 g/mol. The Morgan fingerprint density at radius 1 is 1.26 bits per heavy atom. The van der Waals surface area contributed by atoms with Crippen LogP contribution in [0.3, 0.4) is 0 Å². The Hall–Kier alpha value is -2.11. The van der Waals surface area contributed by atoms with Crippen LogP contribution in [0.5, 0.6) is 0 Å². The second-order valence-corrected chi connectivity index (χ2v) is 4.51. The van der Waals surface area contributed by atoms with Crippen LogP contribution in [0.4, 0.5) is 0 Å². The molecule has 0 spiro atoms. The zero-order chi connectivity index (χ0) is 13.8. The van der Waals surface area contributed by atoms with E-state index in [9.17, 15) is 14.4 Å². The van der Waals surface area contributed by atoms with E-state index in [1.165, 1.54) is 18.4 Å². The van der Waals surface area contributed by atoms with E-state index < -0.39 is 23.7 Å². The number of carbonyl (C=O) groups is 3. The van der Waals surface area contributed by atoms with Gasteiger partial charge in [-0.15, -0.1) is 0 Å². The maximum Gasteiger partial charge on any atom is 0.326 e. The number of hydrogen-bond donors (Lipinski definition) is 1. The maximum absolute atomic E-state index is 12.1. The van der Waals surface area contributed by atoms with Gasteiger partial charge >= 0.3 is 5.97 Å². The van der Waals surface area contributed by atoms with E-state index in [0.717, 1.165) is 17.7 Å². The molecule has 1 N–H and O–H groups in total. The van der Waals surface area contributed by atoms with E-state index in [1.54, 1.807) is 0 Å². The predicted molar refractivity (Wildman–Crippen MR) is 64.6 cm³/mol. The molecule has 19 heavy (non-hydrogen) atoms. The summed E-state index contributed by atoms with van der Waals surface area (Å²) in [6.07, 6.45) is 4.00. The van der Waals surface area contributed by atoms with E-state index in [2.05, 4.69) is 0 Å². The quantitative estimate of drug-likeness (QED) is 0.657. The van der Waals surface area contributed by atoms with Gasteiger partial charge in [-0.3, -0.25) is 9.59 Å². The lowest BCUT2D eigenvalue weighted by Gasteiger charge is -2.25. The molecule has 1 saturated heterocycles. The minimum atomic E-state index is -1.07. The maximum atomic E-state index is 12.1. The predicted octanol–water partition coefficient (Wildman–Crippen LogP) is 1.32. The lowest BCUT2D eigenvalue weighted by molar-refractivity contribution is -0.148. The summed E-state index contributed by atoms with van der Waals surface area (Å²) in [4.78, 5) is 36.4. The zero-order valence-electron chi connectivity index (χ0n) is 10.4. The number of hydrogen-bond acceptors (Lipinski definition) is 4. The van der Waals surface area contributed by atoms with Crippen molar-refractivity contribution in [3.63, 3.8) is 0 Å². The lowest BCUT2D eigenvalue weighted by Crippen LogP contribution is -2.47. The first kappa shape index (κ1) is 13.3. The SMILES string of the molecule is O=C(C(=O)N1CCCCCC1C(=O)O)c1ccco1. The summed E-state index contributed by atoms with van der Waals surface area (Å²) in [6, 6.07) is 1.99. The van der Waals surface area contributed by atoms with Crippen LogP contribution in [0.25, 0.3) is 0 Å². The molecule has 1 aliphatic heterocycles. The fourth-order valence-electron chi connectivity index (χ4n) is 2.25. The number of carbonyl (C=O) groups excluding carboxylic acids is 2. The van der Waals surface area contributed by atoms with Gasteiger partial charge in [0.05, 0.1) is 6.26 Å². The van der Waals surface area contributed by atoms with Crippen LogP contribution < -0.4 is 0 Å². The largest absolute Gasteiger partial charge is 0.480 e. The van der Waals surface area contributed by atoms with Crippen molar-refractivity contribution in [3.05, 3.63) is 24.2 Å². The Balaban J connectivity index is 2.19. The molecule has 2 heterocycles. The third-order valence-corrected chi connectivity index (χ3v) is 3.24. The number of amides is 1. The number of likely N-dealkylation sites (tertiary alicyclic amines) is 1. The molecule has 0 bridgehead atoms. The molecule has 6 heteroatoms. The third kappa shape index (κ3) is 2.83. The van der Waals surface area contributed by atoms with Gasteiger partial charge in [0.2, 0.25) is 0 Å². The van der Waals surface area contributed by atoms with Gasteiger partial charge in [0.15, 0.2) is 5.76 Å². The molecule has 1 fully saturated rings. The molecule has 6 nitrogen and oxygen atoms in total. The third-order valence-electron chi connectivity index (χ3n) is 3.24. The minimum Gasteiger partial charge on any atom is -0.480 e. The number of furan rings is 1. The fourth-order valence-corrected chi connectivity index (χ4v) is 2.25. The Morgan fingerprint density at radius 3 is 2.68 bits per heavy atom. The highest BCUT2D eigenvalue weighted by Crippen LogP contribution is 2.18. The first-order chi connectivity index (χ1) is 9.11. The molecule has 1 unspecified atom stereocenters. The molecule has 1 aromatic heterocycles. The van der Waals surface area contributed by atoms with Crippen LogP contribution >= 0.6 is 0 Å². The number of Topliss-reactive ketones (excluding diaryl/α,β-unsaturated/α-hetero) is 1. The molecule has 102 valence electrons. The molecular weight excluding hydrogens is 250 g/mol. The highest BCUT2D eigenvalue weighted by atomic mass is 16.4. The van der Waals surface area contributed by atoms with Crippen molar-refractivity contribution in [3.8, 4) is 0 Å². The molecule has 1 aliphatic rings. The molecule has 1 amide bonds. The topological polar surface area (TPSA) is 87.8 Å². The van der Waals surface area contributed by atoms with E-state index >= 15 is 0 Å². The fraction of sp³-hybridized carbons (Fsp3) is 0.462. The van der Waals surface area contributed by atoms with E-state index in [4.69, 9.17) is 9.52 Å². The lowest BCUT2D eigenvalue weighted by atomic mass is 10.1. The van der Waals surface area contributed by atoms with Gasteiger partial charge in [-0.1, -0.05) is 12.8 Å². The number of ketones is 1. The first-order valence-electron chi connectivity index (χ1n) is 6.23. The van der Waals surface area contributed by atoms with Crippen LogP contribution in [-0.4, -0.2) is 40.3 Å². The highest BCUT2D eigenvalue weighted by molar-refractivity contribution is 6.42. The summed E-state index contributed by atoms with van der Waals surface area (Å²) >= 11 is 0. The van der Waals surface area contributed by atoms with Gasteiger partial charge in [0.1, 0.15) is 6.04 Å². The molecule has 0 aromatic carbocycles. The standard InChI is InChI=1S/C13H15NO5/c15-11(10-6-4-8-19-10)12(16)14-7-3-1-2-5-9(14)13(17)18/h4,6,8-9H,1-3,5,7H2,(H,17,18). The number of nitrogens with zero attached hydrogens (tertiary/aromatic N) is 1. The molecule has 0 radical (unpaired) electrons.